The molecule has 83 heteroatoms. The zero-order valence-corrected chi connectivity index (χ0v) is 96.4. The summed E-state index contributed by atoms with van der Waals surface area (Å²) in [6.45, 7) is -1.31. The first-order valence-corrected chi connectivity index (χ1v) is 43.2. The molecule has 2 saturated heterocycles. The summed E-state index contributed by atoms with van der Waals surface area (Å²) in [5.41, 5.74) is -0.155. The van der Waals surface area contributed by atoms with Crippen molar-refractivity contribution < 1.29 is 553 Å². The maximum atomic E-state index is 12.0. The summed E-state index contributed by atoms with van der Waals surface area (Å²) in [5, 5.41) is 17.1. The van der Waals surface area contributed by atoms with Crippen LogP contribution in [0.15, 0.2) is 24.8 Å². The van der Waals surface area contributed by atoms with Gasteiger partial charge in [-0.2, -0.15) is 11.6 Å². The number of halogens is 2. The third-order valence-corrected chi connectivity index (χ3v) is 16.6. The molecule has 638 valence electrons. The molecule has 4 aliphatic rings. The van der Waals surface area contributed by atoms with Crippen molar-refractivity contribution in [1.82, 2.24) is 35.2 Å². The summed E-state index contributed by atoms with van der Waals surface area (Å²) in [5.74, 6) is -5.73. The van der Waals surface area contributed by atoms with Crippen molar-refractivity contribution >= 4 is 138 Å². The Morgan fingerprint density at radius 1 is 0.558 bits per heavy atom. The molecule has 0 bridgehead atoms. The average Bonchev–Trinajstić information content (AvgIpc) is 1.72. The molecule has 59 nitrogen and oxygen atoms in total. The second-order valence-corrected chi connectivity index (χ2v) is 32.2. The van der Waals surface area contributed by atoms with Crippen LogP contribution in [0, 0.1) is 37.5 Å². The van der Waals surface area contributed by atoms with Crippen molar-refractivity contribution in [2.24, 2.45) is 11.8 Å². The van der Waals surface area contributed by atoms with E-state index in [1.807, 2.05) is 0 Å². The van der Waals surface area contributed by atoms with Gasteiger partial charge in [0, 0.05) is 30.3 Å². The van der Waals surface area contributed by atoms with E-state index in [1.165, 1.54) is 23.3 Å². The molecule has 5 heterocycles. The molecule has 0 amide bonds. The molecule has 15 atom stereocenters. The Balaban J connectivity index is -0.000000508. The van der Waals surface area contributed by atoms with Crippen LogP contribution < -0.4 is 334 Å². The Labute approximate surface area is 939 Å². The molecule has 2 saturated carbocycles. The van der Waals surface area contributed by atoms with Crippen LogP contribution in [0.5, 0.6) is 0 Å². The maximum Gasteiger partial charge on any atom is 1.00 e. The number of nitrogens with one attached hydrogen (secondary N) is 1. The smallest absolute Gasteiger partial charge is 0.726 e. The van der Waals surface area contributed by atoms with Crippen LogP contribution in [0.1, 0.15) is 31.2 Å². The van der Waals surface area contributed by atoms with E-state index in [9.17, 15) is 90.8 Å². The van der Waals surface area contributed by atoms with E-state index < -0.39 is 263 Å². The fourth-order valence-electron chi connectivity index (χ4n) is 9.34. The summed E-state index contributed by atoms with van der Waals surface area (Å²) >= 11 is 12.5. The molecule has 0 unspecified atom stereocenters. The van der Waals surface area contributed by atoms with E-state index in [0.29, 0.717) is 0 Å². The van der Waals surface area contributed by atoms with Gasteiger partial charge in [0.05, 0.1) is 55.3 Å². The van der Waals surface area contributed by atoms with Gasteiger partial charge in [0.15, 0.2) is 18.6 Å². The normalized spacial score (nSPS) is 24.5. The Hall–Kier alpha value is 7.33. The second-order valence-electron chi connectivity index (χ2n) is 20.9. The number of nitrogens with zero attached hydrogens (tertiary/aromatic N) is 8. The predicted molar refractivity (Wildman–Crippen MR) is 314 cm³/mol. The topological polar surface area (TPSA) is 915 Å². The largest absolute Gasteiger partial charge is 1.00 e. The van der Waals surface area contributed by atoms with Crippen LogP contribution in [-0.4, -0.2) is 294 Å². The fourth-order valence-corrected chi connectivity index (χ4v) is 13.1. The van der Waals surface area contributed by atoms with E-state index in [2.05, 4.69) is 55.1 Å². The number of alkyl halides is 2. The van der Waals surface area contributed by atoms with Gasteiger partial charge in [-0.3, -0.25) is 43.6 Å². The minimum atomic E-state index is -5.73. The number of hydrogen-bond donors (Lipinski definition) is 5. The molecular formula is C37H52Cl2N9Na11O50S11-2. The first kappa shape index (κ1) is 145. The molecule has 0 aromatic carbocycles. The van der Waals surface area contributed by atoms with Crippen LogP contribution in [0.4, 0.5) is 0 Å². The van der Waals surface area contributed by atoms with Gasteiger partial charge in [0.2, 0.25) is 134 Å². The first-order chi connectivity index (χ1) is 49.1. The summed E-state index contributed by atoms with van der Waals surface area (Å²) in [7, 11) is -58.9. The van der Waals surface area contributed by atoms with E-state index >= 15 is 0 Å². The van der Waals surface area contributed by atoms with Gasteiger partial charge in [0.1, 0.15) is 24.4 Å². The molecule has 0 radical (unpaired) electrons. The molecule has 3 aromatic rings. The Morgan fingerprint density at radius 3 is 1.47 bits per heavy atom. The number of ether oxygens (including phenoxy) is 6. The van der Waals surface area contributed by atoms with Crippen molar-refractivity contribution in [2.45, 2.75) is 138 Å². The Kier molecular flexibility index (Phi) is 77.2. The second kappa shape index (κ2) is 63.8. The van der Waals surface area contributed by atoms with Crippen LogP contribution in [0.2, 0.25) is 0 Å². The third kappa shape index (κ3) is 70.0. The van der Waals surface area contributed by atoms with Gasteiger partial charge in [-0.25, -0.2) is 110 Å². The van der Waals surface area contributed by atoms with Gasteiger partial charge >= 0.3 is 325 Å². The molecule has 4 fully saturated rings. The fraction of sp³-hybridized carbons (Fsp3) is 0.730. The van der Waals surface area contributed by atoms with Gasteiger partial charge in [-0.1, -0.05) is 21.9 Å². The van der Waals surface area contributed by atoms with Gasteiger partial charge in [-0.15, -0.1) is 30.7 Å². The number of hydrogen-bond acceptors (Lipinski definition) is 50. The summed E-state index contributed by atoms with van der Waals surface area (Å²) < 4.78 is 449. The van der Waals surface area contributed by atoms with Gasteiger partial charge in [0.25, 0.3) is 0 Å². The molecule has 2 aliphatic heterocycles. The third-order valence-electron chi connectivity index (χ3n) is 12.6. The van der Waals surface area contributed by atoms with E-state index in [0.717, 1.165) is 45.9 Å². The van der Waals surface area contributed by atoms with E-state index in [1.54, 1.807) is 6.92 Å². The SMILES string of the molecule is CCOC[n+]1ccn(C[C@@H]2O[C@H](OC[n+]3cc(C[C@H]4C[C@@H](OCc5cn(C[C@H]6O[C@@](CCl)(O[C@@H]7C[C@H](COS(=O)(=O)[O-])[C@H](Cl)[CH-][C@H]7OS(=O)(=O)[O-])[CH-][C@H]6OS(=O)(=O)[O-])nn5)[CH-][C@@H](OS(=O)(=O)[O-])[C@H]4OS(=O)(=O)[O-])n[nH]3)[CH-][C@H](OS(=O)(=O)[O-])[C@@H]2OS(=O)(=O)[O-])n1.O=S(=O)([O-])O.O=S(=O)([O-])O.O=S(=O)([O-])O.O=S(=O)([O-])O.[Na+].[Na+].[Na+].[Na+].[Na+].[Na+].[Na+].[Na+].[Na+].[Na+].[Na+]. The van der Waals surface area contributed by atoms with Crippen molar-refractivity contribution in [3.63, 3.8) is 0 Å². The number of aromatic amines is 1. The van der Waals surface area contributed by atoms with Crippen molar-refractivity contribution in [2.75, 3.05) is 19.1 Å². The van der Waals surface area contributed by atoms with Crippen LogP contribution in [-0.2, 0) is 212 Å². The Bertz CT molecular complexity index is 4670. The zero-order chi connectivity index (χ0) is 83.7. The first-order valence-electron chi connectivity index (χ1n) is 27.5. The Morgan fingerprint density at radius 2 is 1.01 bits per heavy atom. The minimum Gasteiger partial charge on any atom is -0.726 e. The van der Waals surface area contributed by atoms with Crippen molar-refractivity contribution in [3.05, 3.63) is 61.9 Å². The van der Waals surface area contributed by atoms with Crippen molar-refractivity contribution in [1.29, 1.82) is 0 Å². The maximum absolute atomic E-state index is 12.0. The average molecular weight is 2100 g/mol. The van der Waals surface area contributed by atoms with Gasteiger partial charge < -0.3 is 95.2 Å². The molecule has 3 aromatic heterocycles. The number of aromatic nitrogens is 9. The summed E-state index contributed by atoms with van der Waals surface area (Å²) in [4.78, 5) is 0. The molecule has 120 heavy (non-hydrogen) atoms. The summed E-state index contributed by atoms with van der Waals surface area (Å²) in [6, 6.07) is 0. The molecule has 7 rings (SSSR count). The quantitative estimate of drug-likeness (QED) is 0.00944. The molecule has 2 aliphatic carbocycles. The van der Waals surface area contributed by atoms with Crippen LogP contribution in [0.25, 0.3) is 0 Å². The van der Waals surface area contributed by atoms with Gasteiger partial charge in [-0.05, 0) is 56.0 Å². The number of rotatable bonds is 33. The van der Waals surface area contributed by atoms with Crippen LogP contribution >= 0.6 is 23.2 Å². The molecule has 5 N–H and O–H groups in total. The minimum absolute atomic E-state index is 0. The number of H-pyrrole nitrogens is 1. The standard InChI is InChI=1S/C37H54Cl2N9O34S7.11Na.4H2O4S/c1-2-70-19-46-4-3-45(44-46)15-33-36(82-89(67,68)69)30(79-86(58,59)60)10-34(74-33)72-20-48-12-23(40-43-48)5-21-6-25(8-29(78-85(55,56)57)35(21)81-88(64,65)66)71-17-24-13-47(42-41-24)14-32-31(80-87(61,62)63)11-37(18-38,76-32)75-27-7-22(16-73-83(49,50)51)26(39)9-28(27)77-84(52,53)54;;;;;;;;;;;;4*1-5(2,3)4/h3-4,8-13,21-22,25-36H,2,5-7,14-20H2,1H3,(H7,49,50,51,52,53,54,55,56,57,58,59,60,61,62,63,64,65,66,67,68,69);;;;;;;;;;;;4*(H2,1,2,3,4)/q-3;11*+1;;;;/p-10/t21-,22+,25+,26+,27+,28+,29+,30-,31+,32+,33-,34-,35-,36-,37-;;;;;;;;;;;;;;;/m0.............../s1. The zero-order valence-electron chi connectivity index (χ0n) is 63.9. The molecule has 0 spiro atoms. The molecular weight excluding hydrogens is 2050 g/mol. The predicted octanol–water partition coefficient (Wildman–Crippen LogP) is -43.9. The van der Waals surface area contributed by atoms with E-state index in [-0.39, 0.29) is 350 Å². The van der Waals surface area contributed by atoms with Crippen molar-refractivity contribution in [3.8, 4) is 0 Å². The summed E-state index contributed by atoms with van der Waals surface area (Å²) in [6.07, 6.45) is -13.4. The monoisotopic (exact) mass is 2100 g/mol. The van der Waals surface area contributed by atoms with E-state index in [4.69, 9.17) is 122 Å². The van der Waals surface area contributed by atoms with Crippen LogP contribution in [0.3, 0.4) is 0 Å².